The zero-order valence-corrected chi connectivity index (χ0v) is 16.2. The van der Waals surface area contributed by atoms with Crippen LogP contribution in [-0.4, -0.2) is 36.4 Å². The first kappa shape index (κ1) is 18.5. The van der Waals surface area contributed by atoms with E-state index >= 15 is 0 Å². The highest BCUT2D eigenvalue weighted by molar-refractivity contribution is 7.10. The molecule has 2 N–H and O–H groups in total. The lowest BCUT2D eigenvalue weighted by Gasteiger charge is -2.27. The molecule has 26 heavy (non-hydrogen) atoms. The van der Waals surface area contributed by atoms with Crippen molar-refractivity contribution in [3.8, 4) is 0 Å². The SMILES string of the molecule is CCNC(=NCc1cccc(C)c1)NCC(=O)N1CCc2sccc2C1. The molecule has 0 aliphatic carbocycles. The standard InChI is InChI=1S/C20H26N4OS/c1-3-21-20(22-12-16-6-4-5-15(2)11-16)23-13-19(25)24-9-7-18-17(14-24)8-10-26-18/h4-6,8,10-11H,3,7,9,12-14H2,1-2H3,(H2,21,22,23). The van der Waals surface area contributed by atoms with Gasteiger partial charge in [0.2, 0.25) is 5.91 Å². The predicted octanol–water partition coefficient (Wildman–Crippen LogP) is 2.70. The van der Waals surface area contributed by atoms with Crippen LogP contribution >= 0.6 is 11.3 Å². The number of nitrogens with zero attached hydrogens (tertiary/aromatic N) is 2. The van der Waals surface area contributed by atoms with E-state index in [4.69, 9.17) is 0 Å². The van der Waals surface area contributed by atoms with Crippen LogP contribution in [0.4, 0.5) is 0 Å². The van der Waals surface area contributed by atoms with E-state index in [0.717, 1.165) is 31.6 Å². The fourth-order valence-electron chi connectivity index (χ4n) is 3.06. The molecule has 3 rings (SSSR count). The minimum absolute atomic E-state index is 0.114. The Balaban J connectivity index is 1.54. The summed E-state index contributed by atoms with van der Waals surface area (Å²) in [5, 5.41) is 8.49. The van der Waals surface area contributed by atoms with Crippen molar-refractivity contribution in [2.75, 3.05) is 19.6 Å². The van der Waals surface area contributed by atoms with E-state index in [2.05, 4.69) is 52.2 Å². The van der Waals surface area contributed by atoms with Crippen LogP contribution in [0.5, 0.6) is 0 Å². The van der Waals surface area contributed by atoms with Gasteiger partial charge < -0.3 is 15.5 Å². The van der Waals surface area contributed by atoms with Crippen LogP contribution in [0.3, 0.4) is 0 Å². The molecule has 6 heteroatoms. The third-order valence-corrected chi connectivity index (χ3v) is 5.44. The number of rotatable bonds is 5. The van der Waals surface area contributed by atoms with Crippen LogP contribution in [0, 0.1) is 6.92 Å². The number of carbonyl (C=O) groups is 1. The molecule has 1 aromatic carbocycles. The molecule has 138 valence electrons. The molecule has 0 fully saturated rings. The number of aryl methyl sites for hydroxylation is 1. The third kappa shape index (κ3) is 4.85. The van der Waals surface area contributed by atoms with Gasteiger partial charge in [-0.15, -0.1) is 11.3 Å². The summed E-state index contributed by atoms with van der Waals surface area (Å²) in [6.45, 7) is 7.23. The van der Waals surface area contributed by atoms with Crippen LogP contribution in [0.15, 0.2) is 40.7 Å². The number of hydrogen-bond acceptors (Lipinski definition) is 3. The fraction of sp³-hybridized carbons (Fsp3) is 0.400. The maximum Gasteiger partial charge on any atom is 0.242 e. The Hall–Kier alpha value is -2.34. The average Bonchev–Trinajstić information content (AvgIpc) is 3.11. The second-order valence-corrected chi connectivity index (χ2v) is 7.47. The van der Waals surface area contributed by atoms with Crippen LogP contribution in [0.25, 0.3) is 0 Å². The molecule has 2 aromatic rings. The molecule has 1 aromatic heterocycles. The van der Waals surface area contributed by atoms with Crippen LogP contribution in [0.2, 0.25) is 0 Å². The fourth-order valence-corrected chi connectivity index (χ4v) is 3.94. The van der Waals surface area contributed by atoms with Crippen LogP contribution in [0.1, 0.15) is 28.5 Å². The topological polar surface area (TPSA) is 56.7 Å². The van der Waals surface area contributed by atoms with Crippen molar-refractivity contribution in [2.45, 2.75) is 33.4 Å². The maximum absolute atomic E-state index is 12.5. The molecule has 5 nitrogen and oxygen atoms in total. The molecule has 0 bridgehead atoms. The first-order chi connectivity index (χ1) is 12.7. The number of guanidine groups is 1. The molecule has 0 unspecified atom stereocenters. The van der Waals surface area contributed by atoms with Gasteiger partial charge in [-0.25, -0.2) is 4.99 Å². The highest BCUT2D eigenvalue weighted by Gasteiger charge is 2.21. The Labute approximate surface area is 159 Å². The van der Waals surface area contributed by atoms with Crippen molar-refractivity contribution >= 4 is 23.2 Å². The Morgan fingerprint density at radius 3 is 3.00 bits per heavy atom. The summed E-state index contributed by atoms with van der Waals surface area (Å²) < 4.78 is 0. The molecule has 0 saturated carbocycles. The van der Waals surface area contributed by atoms with Crippen LogP contribution < -0.4 is 10.6 Å². The summed E-state index contributed by atoms with van der Waals surface area (Å²) in [4.78, 5) is 20.5. The lowest BCUT2D eigenvalue weighted by molar-refractivity contribution is -0.130. The third-order valence-electron chi connectivity index (χ3n) is 4.41. The molecule has 0 radical (unpaired) electrons. The van der Waals surface area contributed by atoms with Gasteiger partial charge in [0.1, 0.15) is 0 Å². The monoisotopic (exact) mass is 370 g/mol. The second-order valence-electron chi connectivity index (χ2n) is 6.47. The number of nitrogens with one attached hydrogen (secondary N) is 2. The number of benzene rings is 1. The average molecular weight is 371 g/mol. The van der Waals surface area contributed by atoms with Gasteiger partial charge in [-0.3, -0.25) is 4.79 Å². The highest BCUT2D eigenvalue weighted by atomic mass is 32.1. The lowest BCUT2D eigenvalue weighted by Crippen LogP contribution is -2.45. The lowest BCUT2D eigenvalue weighted by atomic mass is 10.1. The number of fused-ring (bicyclic) bond motifs is 1. The van der Waals surface area contributed by atoms with Crippen molar-refractivity contribution < 1.29 is 4.79 Å². The van der Waals surface area contributed by atoms with Crippen molar-refractivity contribution in [1.82, 2.24) is 15.5 Å². The molecule has 1 aliphatic rings. The molecular weight excluding hydrogens is 344 g/mol. The van der Waals surface area contributed by atoms with Gasteiger partial charge in [0, 0.05) is 24.5 Å². The predicted molar refractivity (Wildman–Crippen MR) is 107 cm³/mol. The number of carbonyl (C=O) groups excluding carboxylic acids is 1. The smallest absolute Gasteiger partial charge is 0.242 e. The summed E-state index contributed by atoms with van der Waals surface area (Å²) in [5.41, 5.74) is 3.67. The van der Waals surface area contributed by atoms with E-state index < -0.39 is 0 Å². The zero-order valence-electron chi connectivity index (χ0n) is 15.4. The van der Waals surface area contributed by atoms with Gasteiger partial charge >= 0.3 is 0 Å². The van der Waals surface area contributed by atoms with E-state index in [0.29, 0.717) is 12.5 Å². The molecular formula is C20H26N4OS. The molecule has 0 spiro atoms. The summed E-state index contributed by atoms with van der Waals surface area (Å²) in [6.07, 6.45) is 0.959. The number of amides is 1. The van der Waals surface area contributed by atoms with E-state index in [1.54, 1.807) is 11.3 Å². The van der Waals surface area contributed by atoms with Crippen molar-refractivity contribution in [3.05, 3.63) is 57.3 Å². The van der Waals surface area contributed by atoms with E-state index in [9.17, 15) is 4.79 Å². The number of aliphatic imine (C=N–C) groups is 1. The van der Waals surface area contributed by atoms with Gasteiger partial charge in [0.15, 0.2) is 5.96 Å². The Morgan fingerprint density at radius 1 is 1.31 bits per heavy atom. The summed E-state index contributed by atoms with van der Waals surface area (Å²) >= 11 is 1.79. The Bertz CT molecular complexity index is 784. The van der Waals surface area contributed by atoms with Crippen molar-refractivity contribution in [2.24, 2.45) is 4.99 Å². The first-order valence-corrected chi connectivity index (χ1v) is 9.94. The van der Waals surface area contributed by atoms with Gasteiger partial charge in [0.05, 0.1) is 13.1 Å². The largest absolute Gasteiger partial charge is 0.357 e. The number of thiophene rings is 1. The van der Waals surface area contributed by atoms with Gasteiger partial charge in [-0.05, 0) is 42.8 Å². The molecule has 1 aliphatic heterocycles. The minimum Gasteiger partial charge on any atom is -0.357 e. The maximum atomic E-state index is 12.5. The summed E-state index contributed by atoms with van der Waals surface area (Å²) in [5.74, 6) is 0.790. The minimum atomic E-state index is 0.114. The van der Waals surface area contributed by atoms with Gasteiger partial charge in [0.25, 0.3) is 0 Å². The molecule has 0 atom stereocenters. The van der Waals surface area contributed by atoms with Crippen molar-refractivity contribution in [3.63, 3.8) is 0 Å². The van der Waals surface area contributed by atoms with Gasteiger partial charge in [-0.2, -0.15) is 0 Å². The van der Waals surface area contributed by atoms with Crippen LogP contribution in [-0.2, 0) is 24.3 Å². The second kappa shape index (κ2) is 8.85. The molecule has 2 heterocycles. The Kier molecular flexibility index (Phi) is 6.28. The van der Waals surface area contributed by atoms with Gasteiger partial charge in [-0.1, -0.05) is 29.8 Å². The quantitative estimate of drug-likeness (QED) is 0.628. The summed E-state index contributed by atoms with van der Waals surface area (Å²) in [7, 11) is 0. The van der Waals surface area contributed by atoms with E-state index in [-0.39, 0.29) is 12.5 Å². The molecule has 1 amide bonds. The van der Waals surface area contributed by atoms with E-state index in [1.165, 1.54) is 16.0 Å². The highest BCUT2D eigenvalue weighted by Crippen LogP contribution is 2.23. The summed E-state index contributed by atoms with van der Waals surface area (Å²) in [6, 6.07) is 10.4. The van der Waals surface area contributed by atoms with E-state index in [1.807, 2.05) is 17.9 Å². The zero-order chi connectivity index (χ0) is 18.4. The van der Waals surface area contributed by atoms with Crippen molar-refractivity contribution in [1.29, 1.82) is 0 Å². The normalized spacial score (nSPS) is 14.1. The first-order valence-electron chi connectivity index (χ1n) is 9.06. The Morgan fingerprint density at radius 2 is 2.19 bits per heavy atom. The number of hydrogen-bond donors (Lipinski definition) is 2. The molecule has 0 saturated heterocycles.